The molecule has 0 bridgehead atoms. The summed E-state index contributed by atoms with van der Waals surface area (Å²) in [5, 5.41) is 8.26. The third kappa shape index (κ3) is 15.7. The van der Waals surface area contributed by atoms with Gasteiger partial charge in [-0.15, -0.1) is 0 Å². The molecule has 4 nitrogen and oxygen atoms in total. The molecular weight excluding hydrogens is 231 g/mol. The van der Waals surface area contributed by atoms with Crippen molar-refractivity contribution in [1.82, 2.24) is 0 Å². The molecule has 0 atom stereocenters. The second kappa shape index (κ2) is 13.7. The molecule has 0 amide bonds. The van der Waals surface area contributed by atoms with Gasteiger partial charge in [0.2, 0.25) is 0 Å². The molecule has 0 aliphatic heterocycles. The number of aliphatic carboxylic acids is 1. The minimum Gasteiger partial charge on any atom is -1.00 e. The Bertz CT molecular complexity index is 244. The van der Waals surface area contributed by atoms with E-state index in [0.717, 1.165) is 31.4 Å². The zero-order chi connectivity index (χ0) is 12.2. The topological polar surface area (TPSA) is 63.6 Å². The predicted molar refractivity (Wildman–Crippen MR) is 62.2 cm³/mol. The first-order valence-corrected chi connectivity index (χ1v) is 5.74. The average molecular weight is 252 g/mol. The van der Waals surface area contributed by atoms with E-state index in [1.165, 1.54) is 19.3 Å². The van der Waals surface area contributed by atoms with Crippen LogP contribution in [0.3, 0.4) is 0 Å². The molecule has 0 radical (unpaired) electrons. The maximum atomic E-state index is 10.9. The largest absolute Gasteiger partial charge is 1.00 e. The molecule has 0 fully saturated rings. The molecule has 0 heterocycles. The van der Waals surface area contributed by atoms with Gasteiger partial charge in [0.15, 0.2) is 0 Å². The number of hydrogen-bond donors (Lipinski definition) is 1. The van der Waals surface area contributed by atoms with Crippen LogP contribution in [0.2, 0.25) is 0 Å². The van der Waals surface area contributed by atoms with Crippen LogP contribution < -0.4 is 29.6 Å². The number of carboxylic acid groups (broad SMARTS) is 1. The smallest absolute Gasteiger partial charge is 1.00 e. The van der Waals surface area contributed by atoms with Crippen molar-refractivity contribution in [3.8, 4) is 0 Å². The maximum absolute atomic E-state index is 10.9. The number of esters is 1. The van der Waals surface area contributed by atoms with Crippen LogP contribution in [-0.4, -0.2) is 23.7 Å². The van der Waals surface area contributed by atoms with Gasteiger partial charge >= 0.3 is 41.5 Å². The molecule has 0 rings (SSSR count). The standard InChI is InChI=1S/C12H20O4.Na.H/c1-2-3-4-5-6-7-10-16-12(15)9-8-11(13)14;;/h8-9H,2-7,10H2,1H3,(H,13,14);;/q;+1;-1/b9-8-;;. The van der Waals surface area contributed by atoms with Crippen LogP contribution in [0.15, 0.2) is 12.2 Å². The Morgan fingerprint density at radius 3 is 2.29 bits per heavy atom. The molecule has 0 aromatic rings. The zero-order valence-corrected chi connectivity index (χ0v) is 12.8. The van der Waals surface area contributed by atoms with Gasteiger partial charge in [0.1, 0.15) is 0 Å². The molecule has 0 aromatic carbocycles. The van der Waals surface area contributed by atoms with Gasteiger partial charge in [0.25, 0.3) is 0 Å². The van der Waals surface area contributed by atoms with Crippen molar-refractivity contribution in [2.45, 2.75) is 45.4 Å². The molecule has 17 heavy (non-hydrogen) atoms. The van der Waals surface area contributed by atoms with Gasteiger partial charge < -0.3 is 11.3 Å². The van der Waals surface area contributed by atoms with Crippen LogP contribution in [0.1, 0.15) is 46.9 Å². The molecule has 1 N–H and O–H groups in total. The van der Waals surface area contributed by atoms with E-state index in [0.29, 0.717) is 6.61 Å². The molecule has 5 heteroatoms. The quantitative estimate of drug-likeness (QED) is 0.264. The summed E-state index contributed by atoms with van der Waals surface area (Å²) >= 11 is 0. The first kappa shape index (κ1) is 19.0. The van der Waals surface area contributed by atoms with E-state index in [4.69, 9.17) is 9.84 Å². The molecule has 0 aromatic heterocycles. The molecular formula is C12H21NaO4. The van der Waals surface area contributed by atoms with Crippen molar-refractivity contribution in [2.24, 2.45) is 0 Å². The van der Waals surface area contributed by atoms with E-state index >= 15 is 0 Å². The van der Waals surface area contributed by atoms with Crippen LogP contribution >= 0.6 is 0 Å². The van der Waals surface area contributed by atoms with Gasteiger partial charge in [-0.25, -0.2) is 9.59 Å². The van der Waals surface area contributed by atoms with Crippen molar-refractivity contribution >= 4 is 11.9 Å². The molecule has 0 spiro atoms. The minimum atomic E-state index is -1.14. The van der Waals surface area contributed by atoms with Gasteiger partial charge in [-0.1, -0.05) is 39.0 Å². The molecule has 94 valence electrons. The van der Waals surface area contributed by atoms with E-state index in [2.05, 4.69) is 6.92 Å². The first-order chi connectivity index (χ1) is 7.66. The van der Waals surface area contributed by atoms with Crippen molar-refractivity contribution in [3.05, 3.63) is 12.2 Å². The molecule has 0 aliphatic carbocycles. The normalized spacial score (nSPS) is 9.94. The van der Waals surface area contributed by atoms with E-state index < -0.39 is 11.9 Å². The second-order valence-corrected chi connectivity index (χ2v) is 3.61. The molecule has 0 aliphatic rings. The average Bonchev–Trinajstić information content (AvgIpc) is 2.25. The van der Waals surface area contributed by atoms with Gasteiger partial charge in [-0.05, 0) is 6.42 Å². The third-order valence-corrected chi connectivity index (χ3v) is 2.10. The Balaban J connectivity index is -0.00000112. The van der Waals surface area contributed by atoms with Crippen molar-refractivity contribution in [1.29, 1.82) is 0 Å². The zero-order valence-electron chi connectivity index (χ0n) is 11.8. The maximum Gasteiger partial charge on any atom is 1.00 e. The number of hydrogen-bond acceptors (Lipinski definition) is 3. The van der Waals surface area contributed by atoms with Crippen molar-refractivity contribution < 1.29 is 50.4 Å². The van der Waals surface area contributed by atoms with Gasteiger partial charge in [-0.2, -0.15) is 0 Å². The summed E-state index contributed by atoms with van der Waals surface area (Å²) in [4.78, 5) is 21.0. The molecule has 0 saturated carbocycles. The first-order valence-electron chi connectivity index (χ1n) is 5.74. The summed E-state index contributed by atoms with van der Waals surface area (Å²) in [5.41, 5.74) is 0. The Hall–Kier alpha value is -0.320. The predicted octanol–water partition coefficient (Wildman–Crippen LogP) is -0.353. The Kier molecular flexibility index (Phi) is 15.4. The van der Waals surface area contributed by atoms with Gasteiger partial charge in [-0.3, -0.25) is 0 Å². The minimum absolute atomic E-state index is 0. The van der Waals surface area contributed by atoms with E-state index in [-0.39, 0.29) is 31.0 Å². The Labute approximate surface area is 126 Å². The van der Waals surface area contributed by atoms with E-state index in [1.807, 2.05) is 0 Å². The summed E-state index contributed by atoms with van der Waals surface area (Å²) in [6.45, 7) is 2.53. The number of carboxylic acids is 1. The van der Waals surface area contributed by atoms with Crippen LogP contribution in [0.25, 0.3) is 0 Å². The number of rotatable bonds is 9. The van der Waals surface area contributed by atoms with Gasteiger partial charge in [0.05, 0.1) is 6.61 Å². The van der Waals surface area contributed by atoms with E-state index in [9.17, 15) is 9.59 Å². The van der Waals surface area contributed by atoms with Crippen LogP contribution in [0.4, 0.5) is 0 Å². The summed E-state index contributed by atoms with van der Waals surface area (Å²) in [5.74, 6) is -1.73. The van der Waals surface area contributed by atoms with Crippen LogP contribution in [0.5, 0.6) is 0 Å². The third-order valence-electron chi connectivity index (χ3n) is 2.10. The van der Waals surface area contributed by atoms with Crippen LogP contribution in [0, 0.1) is 0 Å². The Morgan fingerprint density at radius 1 is 1.12 bits per heavy atom. The SMILES string of the molecule is CCCCCCCCOC(=O)/C=C\C(=O)O.[H-].[Na+]. The fourth-order valence-corrected chi connectivity index (χ4v) is 1.24. The van der Waals surface area contributed by atoms with Gasteiger partial charge in [0, 0.05) is 12.2 Å². The van der Waals surface area contributed by atoms with Crippen molar-refractivity contribution in [3.63, 3.8) is 0 Å². The molecule has 0 saturated heterocycles. The monoisotopic (exact) mass is 252 g/mol. The number of carbonyl (C=O) groups excluding carboxylic acids is 1. The molecule has 0 unspecified atom stereocenters. The fraction of sp³-hybridized carbons (Fsp3) is 0.667. The summed E-state index contributed by atoms with van der Waals surface area (Å²) < 4.78 is 4.81. The van der Waals surface area contributed by atoms with Crippen LogP contribution in [-0.2, 0) is 14.3 Å². The summed E-state index contributed by atoms with van der Waals surface area (Å²) in [6, 6.07) is 0. The second-order valence-electron chi connectivity index (χ2n) is 3.61. The number of ether oxygens (including phenoxy) is 1. The Morgan fingerprint density at radius 2 is 1.71 bits per heavy atom. The van der Waals surface area contributed by atoms with Crippen molar-refractivity contribution in [2.75, 3.05) is 6.61 Å². The fourth-order valence-electron chi connectivity index (χ4n) is 1.24. The number of carbonyl (C=O) groups is 2. The number of unbranched alkanes of at least 4 members (excludes halogenated alkanes) is 5. The van der Waals surface area contributed by atoms with E-state index in [1.54, 1.807) is 0 Å². The summed E-state index contributed by atoms with van der Waals surface area (Å²) in [7, 11) is 0. The summed E-state index contributed by atoms with van der Waals surface area (Å²) in [6.07, 6.45) is 8.46.